The molecule has 0 atom stereocenters. The molecule has 1 fully saturated rings. The summed E-state index contributed by atoms with van der Waals surface area (Å²) in [5, 5.41) is 4.82. The quantitative estimate of drug-likeness (QED) is 0.430. The molecule has 0 amide bonds. The molecule has 30 heavy (non-hydrogen) atoms. The van der Waals surface area contributed by atoms with E-state index in [0.717, 1.165) is 48.9 Å². The second kappa shape index (κ2) is 9.47. The van der Waals surface area contributed by atoms with E-state index in [1.54, 1.807) is 6.20 Å². The number of aryl methyl sites for hydroxylation is 1. The minimum Gasteiger partial charge on any atom is -0.297 e. The third-order valence-electron chi connectivity index (χ3n) is 5.44. The van der Waals surface area contributed by atoms with E-state index in [1.807, 2.05) is 33.7 Å². The van der Waals surface area contributed by atoms with E-state index in [4.69, 9.17) is 17.3 Å². The molecule has 156 valence electrons. The Kier molecular flexibility index (Phi) is 6.52. The topological polar surface area (TPSA) is 42.1 Å². The van der Waals surface area contributed by atoms with Crippen LogP contribution in [-0.4, -0.2) is 55.3 Å². The monoisotopic (exact) mass is 420 g/mol. The van der Waals surface area contributed by atoms with E-state index >= 15 is 0 Å². The molecule has 0 saturated carbocycles. The number of nitrogens with zero attached hydrogens (tertiary/aromatic N) is 6. The number of pyridine rings is 1. The fourth-order valence-corrected chi connectivity index (χ4v) is 4.14. The number of aromatic nitrogens is 4. The maximum atomic E-state index is 5.73. The Morgan fingerprint density at radius 1 is 1.10 bits per heavy atom. The fourth-order valence-electron chi connectivity index (χ4n) is 3.88. The van der Waals surface area contributed by atoms with Crippen LogP contribution >= 0.6 is 12.2 Å². The molecule has 1 aliphatic heterocycles. The Bertz CT molecular complexity index is 1050. The Morgan fingerprint density at radius 2 is 1.90 bits per heavy atom. The lowest BCUT2D eigenvalue weighted by Crippen LogP contribution is -2.46. The molecule has 1 aromatic carbocycles. The molecule has 1 saturated heterocycles. The van der Waals surface area contributed by atoms with E-state index in [1.165, 1.54) is 11.1 Å². The lowest BCUT2D eigenvalue weighted by Gasteiger charge is -2.34. The van der Waals surface area contributed by atoms with Crippen molar-refractivity contribution in [1.29, 1.82) is 0 Å². The highest BCUT2D eigenvalue weighted by atomic mass is 32.1. The maximum Gasteiger partial charge on any atom is 0.199 e. The molecule has 3 aromatic rings. The maximum absolute atomic E-state index is 5.73. The van der Waals surface area contributed by atoms with Gasteiger partial charge in [-0.25, -0.2) is 4.68 Å². The van der Waals surface area contributed by atoms with Gasteiger partial charge in [0.2, 0.25) is 0 Å². The molecule has 0 unspecified atom stereocenters. The molecule has 7 heteroatoms. The number of allylic oxidation sites excluding steroid dienone is 1. The molecule has 0 radical (unpaired) electrons. The zero-order valence-corrected chi connectivity index (χ0v) is 18.3. The van der Waals surface area contributed by atoms with E-state index < -0.39 is 0 Å². The normalized spacial score (nSPS) is 15.4. The molecular weight excluding hydrogens is 392 g/mol. The predicted octanol–water partition coefficient (Wildman–Crippen LogP) is 3.75. The largest absolute Gasteiger partial charge is 0.297 e. The highest BCUT2D eigenvalue weighted by Crippen LogP contribution is 2.18. The van der Waals surface area contributed by atoms with Crippen molar-refractivity contribution >= 4 is 12.2 Å². The van der Waals surface area contributed by atoms with Crippen LogP contribution in [0.1, 0.15) is 11.1 Å². The Hall–Kier alpha value is -2.61. The van der Waals surface area contributed by atoms with Gasteiger partial charge in [0, 0.05) is 57.2 Å². The Labute approximate surface area is 183 Å². The summed E-state index contributed by atoms with van der Waals surface area (Å²) < 4.78 is 4.67. The van der Waals surface area contributed by atoms with Crippen LogP contribution in [0.2, 0.25) is 0 Å². The van der Waals surface area contributed by atoms with Crippen LogP contribution in [0.25, 0.3) is 11.4 Å². The molecule has 3 heterocycles. The molecule has 0 aliphatic carbocycles. The van der Waals surface area contributed by atoms with Crippen LogP contribution in [0, 0.1) is 11.7 Å². The van der Waals surface area contributed by atoms with Crippen molar-refractivity contribution in [1.82, 2.24) is 29.1 Å². The third-order valence-corrected chi connectivity index (χ3v) is 5.87. The summed E-state index contributed by atoms with van der Waals surface area (Å²) >= 11 is 5.73. The van der Waals surface area contributed by atoms with Gasteiger partial charge in [-0.3, -0.25) is 19.4 Å². The third kappa shape index (κ3) is 4.75. The van der Waals surface area contributed by atoms with Gasteiger partial charge in [0.05, 0.1) is 6.67 Å². The molecular formula is C23H28N6S. The fraction of sp³-hybridized carbons (Fsp3) is 0.348. The van der Waals surface area contributed by atoms with Gasteiger partial charge in [0.25, 0.3) is 0 Å². The van der Waals surface area contributed by atoms with E-state index in [9.17, 15) is 0 Å². The van der Waals surface area contributed by atoms with E-state index in [2.05, 4.69) is 52.6 Å². The van der Waals surface area contributed by atoms with Gasteiger partial charge < -0.3 is 0 Å². The first kappa shape index (κ1) is 20.7. The van der Waals surface area contributed by atoms with Gasteiger partial charge in [-0.1, -0.05) is 35.9 Å². The number of benzene rings is 1. The number of hydrogen-bond donors (Lipinski definition) is 0. The van der Waals surface area contributed by atoms with Gasteiger partial charge in [-0.05, 0) is 36.8 Å². The van der Waals surface area contributed by atoms with Gasteiger partial charge >= 0.3 is 0 Å². The standard InChI is InChI=1S/C23H28N6S/c1-3-10-28-22(21-8-5-9-24-16-21)25-29(23(28)30)18-27-13-11-26(12-14-27)17-20-7-4-6-19(2)15-20/h3-9,15-16H,1,10-14,17-18H2,2H3. The SMILES string of the molecule is C=CCn1c(-c2cccnc2)nn(CN2CCN(Cc3cccc(C)c3)CC2)c1=S. The van der Waals surface area contributed by atoms with Crippen molar-refractivity contribution < 1.29 is 0 Å². The zero-order valence-electron chi connectivity index (χ0n) is 17.4. The summed E-state index contributed by atoms with van der Waals surface area (Å²) in [5.41, 5.74) is 3.67. The number of hydrogen-bond acceptors (Lipinski definition) is 5. The van der Waals surface area contributed by atoms with E-state index in [0.29, 0.717) is 13.2 Å². The van der Waals surface area contributed by atoms with Crippen molar-refractivity contribution in [2.75, 3.05) is 26.2 Å². The van der Waals surface area contributed by atoms with Gasteiger partial charge in [-0.2, -0.15) is 5.10 Å². The summed E-state index contributed by atoms with van der Waals surface area (Å²) in [7, 11) is 0. The first-order valence-corrected chi connectivity index (χ1v) is 10.7. The molecule has 0 spiro atoms. The van der Waals surface area contributed by atoms with Crippen LogP contribution in [0.4, 0.5) is 0 Å². The first-order valence-electron chi connectivity index (χ1n) is 10.3. The van der Waals surface area contributed by atoms with Gasteiger partial charge in [-0.15, -0.1) is 6.58 Å². The van der Waals surface area contributed by atoms with Crippen molar-refractivity contribution in [2.24, 2.45) is 0 Å². The summed E-state index contributed by atoms with van der Waals surface area (Å²) in [5.74, 6) is 0.839. The zero-order chi connectivity index (χ0) is 20.9. The lowest BCUT2D eigenvalue weighted by molar-refractivity contribution is 0.0980. The second-order valence-corrected chi connectivity index (χ2v) is 8.14. The number of piperazine rings is 1. The van der Waals surface area contributed by atoms with Crippen molar-refractivity contribution in [2.45, 2.75) is 26.7 Å². The molecule has 0 N–H and O–H groups in total. The van der Waals surface area contributed by atoms with Crippen LogP contribution in [0.15, 0.2) is 61.4 Å². The van der Waals surface area contributed by atoms with Crippen molar-refractivity contribution in [3.63, 3.8) is 0 Å². The molecule has 1 aliphatic rings. The van der Waals surface area contributed by atoms with Crippen LogP contribution in [0.5, 0.6) is 0 Å². The van der Waals surface area contributed by atoms with E-state index in [-0.39, 0.29) is 0 Å². The highest BCUT2D eigenvalue weighted by Gasteiger charge is 2.19. The van der Waals surface area contributed by atoms with Crippen LogP contribution in [-0.2, 0) is 19.8 Å². The molecule has 2 aromatic heterocycles. The summed E-state index contributed by atoms with van der Waals surface area (Å²) in [6.45, 7) is 12.5. The minimum absolute atomic E-state index is 0.632. The predicted molar refractivity (Wildman–Crippen MR) is 123 cm³/mol. The molecule has 6 nitrogen and oxygen atoms in total. The summed E-state index contributed by atoms with van der Waals surface area (Å²) in [6, 6.07) is 12.7. The smallest absolute Gasteiger partial charge is 0.199 e. The minimum atomic E-state index is 0.632. The van der Waals surface area contributed by atoms with Crippen LogP contribution < -0.4 is 0 Å². The van der Waals surface area contributed by atoms with Gasteiger partial charge in [0.15, 0.2) is 10.6 Å². The Balaban J connectivity index is 1.43. The average Bonchev–Trinajstić information content (AvgIpc) is 3.06. The summed E-state index contributed by atoms with van der Waals surface area (Å²) in [4.78, 5) is 9.16. The van der Waals surface area contributed by atoms with Crippen molar-refractivity contribution in [3.8, 4) is 11.4 Å². The second-order valence-electron chi connectivity index (χ2n) is 7.77. The molecule has 0 bridgehead atoms. The number of rotatable bonds is 7. The Morgan fingerprint density at radius 3 is 2.60 bits per heavy atom. The molecule has 4 rings (SSSR count). The lowest BCUT2D eigenvalue weighted by atomic mass is 10.1. The van der Waals surface area contributed by atoms with Crippen molar-refractivity contribution in [3.05, 3.63) is 77.3 Å². The average molecular weight is 421 g/mol. The highest BCUT2D eigenvalue weighted by molar-refractivity contribution is 7.71. The van der Waals surface area contributed by atoms with Gasteiger partial charge in [0.1, 0.15) is 0 Å². The summed E-state index contributed by atoms with van der Waals surface area (Å²) in [6.07, 6.45) is 5.44. The van der Waals surface area contributed by atoms with Crippen LogP contribution in [0.3, 0.4) is 0 Å². The first-order chi connectivity index (χ1) is 14.6.